The van der Waals surface area contributed by atoms with Crippen LogP contribution in [0.4, 0.5) is 0 Å². The number of carbonyl (C=O) groups is 1. The van der Waals surface area contributed by atoms with Crippen LogP contribution in [0.15, 0.2) is 0 Å². The number of carbonyl (C=O) groups excluding carboxylic acids is 1. The molecule has 0 N–H and O–H groups in total. The maximum Gasteiger partial charge on any atom is 0.302 e. The molecule has 0 bridgehead atoms. The van der Waals surface area contributed by atoms with Crippen molar-refractivity contribution in [1.29, 1.82) is 0 Å². The van der Waals surface area contributed by atoms with Crippen LogP contribution in [0.1, 0.15) is 65.7 Å². The van der Waals surface area contributed by atoms with E-state index in [9.17, 15) is 4.79 Å². The lowest BCUT2D eigenvalue weighted by atomic mass is 9.95. The van der Waals surface area contributed by atoms with E-state index in [0.717, 1.165) is 12.3 Å². The van der Waals surface area contributed by atoms with E-state index in [0.29, 0.717) is 6.61 Å². The van der Waals surface area contributed by atoms with Crippen molar-refractivity contribution in [3.05, 3.63) is 0 Å². The van der Waals surface area contributed by atoms with Crippen LogP contribution in [0.3, 0.4) is 0 Å². The second-order valence-corrected chi connectivity index (χ2v) is 4.25. The van der Waals surface area contributed by atoms with Gasteiger partial charge in [0.15, 0.2) is 0 Å². The molecule has 0 aliphatic rings. The van der Waals surface area contributed by atoms with Crippen LogP contribution in [0.5, 0.6) is 0 Å². The van der Waals surface area contributed by atoms with Gasteiger partial charge >= 0.3 is 5.97 Å². The minimum Gasteiger partial charge on any atom is -0.466 e. The largest absolute Gasteiger partial charge is 0.466 e. The van der Waals surface area contributed by atoms with Gasteiger partial charge in [0, 0.05) is 6.92 Å². The van der Waals surface area contributed by atoms with Gasteiger partial charge in [-0.2, -0.15) is 0 Å². The molecule has 0 saturated heterocycles. The van der Waals surface area contributed by atoms with Crippen LogP contribution < -0.4 is 0 Å². The molecule has 0 fully saturated rings. The SMILES string of the molecule is CCCCCCC(CC)CCOC(C)=O. The van der Waals surface area contributed by atoms with Crippen molar-refractivity contribution >= 4 is 5.97 Å². The zero-order chi connectivity index (χ0) is 11.5. The van der Waals surface area contributed by atoms with Gasteiger partial charge in [-0.15, -0.1) is 0 Å². The first-order valence-corrected chi connectivity index (χ1v) is 6.34. The molecule has 0 amide bonds. The van der Waals surface area contributed by atoms with Crippen molar-refractivity contribution < 1.29 is 9.53 Å². The fraction of sp³-hybridized carbons (Fsp3) is 0.923. The Morgan fingerprint density at radius 3 is 2.40 bits per heavy atom. The first-order valence-electron chi connectivity index (χ1n) is 6.34. The Morgan fingerprint density at radius 2 is 1.87 bits per heavy atom. The highest BCUT2D eigenvalue weighted by Crippen LogP contribution is 2.17. The lowest BCUT2D eigenvalue weighted by molar-refractivity contribution is -0.141. The Kier molecular flexibility index (Phi) is 9.65. The smallest absolute Gasteiger partial charge is 0.302 e. The Morgan fingerprint density at radius 1 is 1.13 bits per heavy atom. The highest BCUT2D eigenvalue weighted by Gasteiger charge is 2.06. The summed E-state index contributed by atoms with van der Waals surface area (Å²) in [4.78, 5) is 10.6. The topological polar surface area (TPSA) is 26.3 Å². The monoisotopic (exact) mass is 214 g/mol. The van der Waals surface area contributed by atoms with Gasteiger partial charge < -0.3 is 4.74 Å². The Balaban J connectivity index is 3.41. The van der Waals surface area contributed by atoms with E-state index in [4.69, 9.17) is 4.74 Å². The first kappa shape index (κ1) is 14.5. The summed E-state index contributed by atoms with van der Waals surface area (Å²) in [6.07, 6.45) is 8.84. The van der Waals surface area contributed by atoms with Gasteiger partial charge in [-0.3, -0.25) is 4.79 Å². The van der Waals surface area contributed by atoms with Crippen molar-refractivity contribution in [2.75, 3.05) is 6.61 Å². The number of rotatable bonds is 9. The Hall–Kier alpha value is -0.530. The van der Waals surface area contributed by atoms with E-state index in [1.165, 1.54) is 45.4 Å². The molecule has 0 aliphatic heterocycles. The van der Waals surface area contributed by atoms with Crippen LogP contribution in [0.25, 0.3) is 0 Å². The van der Waals surface area contributed by atoms with Crippen LogP contribution in [-0.2, 0) is 9.53 Å². The average Bonchev–Trinajstić information content (AvgIpc) is 2.21. The second kappa shape index (κ2) is 10.0. The van der Waals surface area contributed by atoms with Crippen LogP contribution >= 0.6 is 0 Å². The first-order chi connectivity index (χ1) is 7.20. The van der Waals surface area contributed by atoms with Gasteiger partial charge in [0.1, 0.15) is 0 Å². The Labute approximate surface area is 94.4 Å². The lowest BCUT2D eigenvalue weighted by Crippen LogP contribution is -2.07. The van der Waals surface area contributed by atoms with Crippen LogP contribution in [0, 0.1) is 5.92 Å². The van der Waals surface area contributed by atoms with Gasteiger partial charge in [-0.25, -0.2) is 0 Å². The summed E-state index contributed by atoms with van der Waals surface area (Å²) in [6, 6.07) is 0. The van der Waals surface area contributed by atoms with Crippen molar-refractivity contribution in [2.24, 2.45) is 5.92 Å². The normalized spacial score (nSPS) is 12.5. The van der Waals surface area contributed by atoms with Gasteiger partial charge in [0.05, 0.1) is 6.61 Å². The van der Waals surface area contributed by atoms with Gasteiger partial charge in [0.2, 0.25) is 0 Å². The molecule has 2 nitrogen and oxygen atoms in total. The second-order valence-electron chi connectivity index (χ2n) is 4.25. The average molecular weight is 214 g/mol. The molecule has 1 atom stereocenters. The zero-order valence-electron chi connectivity index (χ0n) is 10.6. The number of ether oxygens (including phenoxy) is 1. The highest BCUT2D eigenvalue weighted by molar-refractivity contribution is 5.65. The third-order valence-corrected chi connectivity index (χ3v) is 2.87. The summed E-state index contributed by atoms with van der Waals surface area (Å²) in [5.74, 6) is 0.581. The maximum absolute atomic E-state index is 10.6. The third kappa shape index (κ3) is 9.77. The quantitative estimate of drug-likeness (QED) is 0.429. The molecule has 90 valence electrons. The van der Waals surface area contributed by atoms with Crippen LogP contribution in [0.2, 0.25) is 0 Å². The molecule has 0 heterocycles. The minimum absolute atomic E-state index is 0.157. The summed E-state index contributed by atoms with van der Waals surface area (Å²) in [5, 5.41) is 0. The molecule has 0 radical (unpaired) electrons. The summed E-state index contributed by atoms with van der Waals surface area (Å²) in [5.41, 5.74) is 0. The maximum atomic E-state index is 10.6. The molecular weight excluding hydrogens is 188 g/mol. The third-order valence-electron chi connectivity index (χ3n) is 2.87. The number of hydrogen-bond acceptors (Lipinski definition) is 2. The lowest BCUT2D eigenvalue weighted by Gasteiger charge is -2.14. The predicted octanol–water partition coefficient (Wildman–Crippen LogP) is 3.94. The standard InChI is InChI=1S/C13H26O2/c1-4-6-7-8-9-13(5-2)10-11-15-12(3)14/h13H,4-11H2,1-3H3. The van der Waals surface area contributed by atoms with Gasteiger partial charge in [-0.1, -0.05) is 52.4 Å². The molecule has 0 rings (SSSR count). The molecule has 0 aromatic rings. The molecule has 1 unspecified atom stereocenters. The van der Waals surface area contributed by atoms with Crippen molar-refractivity contribution in [3.8, 4) is 0 Å². The summed E-state index contributed by atoms with van der Waals surface area (Å²) < 4.78 is 4.96. The number of unbranched alkanes of at least 4 members (excludes halogenated alkanes) is 3. The summed E-state index contributed by atoms with van der Waals surface area (Å²) in [6.45, 7) is 6.53. The molecule has 0 aliphatic carbocycles. The van der Waals surface area contributed by atoms with E-state index < -0.39 is 0 Å². The molecule has 0 aromatic carbocycles. The highest BCUT2D eigenvalue weighted by atomic mass is 16.5. The molecule has 0 saturated carbocycles. The molecule has 15 heavy (non-hydrogen) atoms. The Bertz CT molecular complexity index is 155. The van der Waals surface area contributed by atoms with E-state index in [2.05, 4.69) is 13.8 Å². The fourth-order valence-electron chi connectivity index (χ4n) is 1.78. The predicted molar refractivity (Wildman–Crippen MR) is 63.8 cm³/mol. The molecular formula is C13H26O2. The molecule has 0 aromatic heterocycles. The number of esters is 1. The minimum atomic E-state index is -0.157. The van der Waals surface area contributed by atoms with Gasteiger partial charge in [-0.05, 0) is 12.3 Å². The van der Waals surface area contributed by atoms with E-state index in [1.54, 1.807) is 0 Å². The van der Waals surface area contributed by atoms with Crippen molar-refractivity contribution in [1.82, 2.24) is 0 Å². The fourth-order valence-corrected chi connectivity index (χ4v) is 1.78. The zero-order valence-corrected chi connectivity index (χ0v) is 10.6. The summed E-state index contributed by atoms with van der Waals surface area (Å²) >= 11 is 0. The van der Waals surface area contributed by atoms with Gasteiger partial charge in [0.25, 0.3) is 0 Å². The molecule has 0 spiro atoms. The number of hydrogen-bond donors (Lipinski definition) is 0. The van der Waals surface area contributed by atoms with E-state index in [-0.39, 0.29) is 5.97 Å². The summed E-state index contributed by atoms with van der Waals surface area (Å²) in [7, 11) is 0. The molecule has 2 heteroatoms. The van der Waals surface area contributed by atoms with E-state index >= 15 is 0 Å². The van der Waals surface area contributed by atoms with Crippen molar-refractivity contribution in [2.45, 2.75) is 65.7 Å². The van der Waals surface area contributed by atoms with Crippen LogP contribution in [-0.4, -0.2) is 12.6 Å². The van der Waals surface area contributed by atoms with E-state index in [1.807, 2.05) is 0 Å². The van der Waals surface area contributed by atoms with Crippen molar-refractivity contribution in [3.63, 3.8) is 0 Å².